The summed E-state index contributed by atoms with van der Waals surface area (Å²) in [5.41, 5.74) is 5.22. The number of hydrogen-bond acceptors (Lipinski definition) is 4. The molecular formula is C11H13N3O3. The van der Waals surface area contributed by atoms with Gasteiger partial charge >= 0.3 is 5.69 Å². The minimum atomic E-state index is -0.624. The molecule has 6 nitrogen and oxygen atoms in total. The number of amides is 1. The first-order valence-electron chi connectivity index (χ1n) is 5.40. The zero-order valence-corrected chi connectivity index (χ0v) is 9.18. The van der Waals surface area contributed by atoms with E-state index in [9.17, 15) is 14.9 Å². The first kappa shape index (κ1) is 11.4. The molecule has 1 aromatic carbocycles. The average Bonchev–Trinajstić information content (AvgIpc) is 3.08. The van der Waals surface area contributed by atoms with Crippen LogP contribution in [0.25, 0.3) is 0 Å². The number of para-hydroxylation sites is 1. The van der Waals surface area contributed by atoms with Gasteiger partial charge in [-0.05, 0) is 30.9 Å². The van der Waals surface area contributed by atoms with E-state index in [1.807, 2.05) is 0 Å². The highest BCUT2D eigenvalue weighted by atomic mass is 16.6. The Balaban J connectivity index is 2.20. The molecule has 90 valence electrons. The van der Waals surface area contributed by atoms with Crippen molar-refractivity contribution in [3.8, 4) is 0 Å². The summed E-state index contributed by atoms with van der Waals surface area (Å²) in [4.78, 5) is 22.0. The molecule has 0 aromatic heterocycles. The zero-order chi connectivity index (χ0) is 12.4. The minimum absolute atomic E-state index is 0.00840. The summed E-state index contributed by atoms with van der Waals surface area (Å²) in [6, 6.07) is 4.36. The normalized spacial score (nSPS) is 14.4. The molecule has 1 aliphatic carbocycles. The van der Waals surface area contributed by atoms with Crippen molar-refractivity contribution >= 4 is 17.3 Å². The van der Waals surface area contributed by atoms with Gasteiger partial charge in [0.15, 0.2) is 0 Å². The summed E-state index contributed by atoms with van der Waals surface area (Å²) < 4.78 is 0. The topological polar surface area (TPSA) is 98.3 Å². The van der Waals surface area contributed by atoms with Crippen molar-refractivity contribution in [1.82, 2.24) is 5.32 Å². The number of benzene rings is 1. The SMILES string of the molecule is Nc1cccc(C(=O)NCC2CC2)c1[N+](=O)[O-]. The molecule has 0 aliphatic heterocycles. The molecule has 0 unspecified atom stereocenters. The Bertz CT molecular complexity index is 469. The van der Waals surface area contributed by atoms with Crippen LogP contribution in [-0.2, 0) is 0 Å². The second-order valence-electron chi connectivity index (χ2n) is 4.15. The fourth-order valence-electron chi connectivity index (χ4n) is 1.60. The lowest BCUT2D eigenvalue weighted by Crippen LogP contribution is -2.26. The third kappa shape index (κ3) is 2.52. The van der Waals surface area contributed by atoms with E-state index in [4.69, 9.17) is 5.73 Å². The number of nitrogens with one attached hydrogen (secondary N) is 1. The number of nitrogens with zero attached hydrogens (tertiary/aromatic N) is 1. The fourth-order valence-corrected chi connectivity index (χ4v) is 1.60. The number of nitro benzene ring substituents is 1. The number of carbonyl (C=O) groups is 1. The van der Waals surface area contributed by atoms with Crippen molar-refractivity contribution in [2.75, 3.05) is 12.3 Å². The van der Waals surface area contributed by atoms with Crippen molar-refractivity contribution in [1.29, 1.82) is 0 Å². The van der Waals surface area contributed by atoms with Crippen LogP contribution in [0.5, 0.6) is 0 Å². The van der Waals surface area contributed by atoms with Gasteiger partial charge in [0.25, 0.3) is 5.91 Å². The molecule has 0 radical (unpaired) electrons. The predicted octanol–water partition coefficient (Wildman–Crippen LogP) is 1.32. The Morgan fingerprint density at radius 3 is 2.82 bits per heavy atom. The average molecular weight is 235 g/mol. The van der Waals surface area contributed by atoms with Crippen molar-refractivity contribution in [2.45, 2.75) is 12.8 Å². The van der Waals surface area contributed by atoms with Gasteiger partial charge in [-0.15, -0.1) is 0 Å². The lowest BCUT2D eigenvalue weighted by atomic mass is 10.1. The van der Waals surface area contributed by atoms with Gasteiger partial charge in [-0.25, -0.2) is 0 Å². The van der Waals surface area contributed by atoms with E-state index >= 15 is 0 Å². The summed E-state index contributed by atoms with van der Waals surface area (Å²) in [6.07, 6.45) is 2.22. The first-order valence-corrected chi connectivity index (χ1v) is 5.40. The molecule has 1 amide bonds. The number of anilines is 1. The van der Waals surface area contributed by atoms with Crippen molar-refractivity contribution < 1.29 is 9.72 Å². The highest BCUT2D eigenvalue weighted by Gasteiger charge is 2.26. The van der Waals surface area contributed by atoms with Crippen molar-refractivity contribution in [3.05, 3.63) is 33.9 Å². The summed E-state index contributed by atoms with van der Waals surface area (Å²) in [5.74, 6) is 0.0926. The summed E-state index contributed by atoms with van der Waals surface area (Å²) in [7, 11) is 0. The third-order valence-corrected chi connectivity index (χ3v) is 2.74. The van der Waals surface area contributed by atoms with Gasteiger partial charge in [0.05, 0.1) is 4.92 Å². The number of nitrogens with two attached hydrogens (primary N) is 1. The van der Waals surface area contributed by atoms with Crippen molar-refractivity contribution in [3.63, 3.8) is 0 Å². The van der Waals surface area contributed by atoms with Crippen LogP contribution >= 0.6 is 0 Å². The molecule has 1 aromatic rings. The number of nitrogen functional groups attached to an aromatic ring is 1. The second-order valence-corrected chi connectivity index (χ2v) is 4.15. The standard InChI is InChI=1S/C11H13N3O3/c12-9-3-1-2-8(10(9)14(16)17)11(15)13-6-7-4-5-7/h1-3,7H,4-6,12H2,(H,13,15). The van der Waals surface area contributed by atoms with E-state index < -0.39 is 10.8 Å². The lowest BCUT2D eigenvalue weighted by molar-refractivity contribution is -0.384. The molecule has 0 spiro atoms. The molecule has 0 atom stereocenters. The molecule has 1 fully saturated rings. The van der Waals surface area contributed by atoms with E-state index in [1.165, 1.54) is 18.2 Å². The van der Waals surface area contributed by atoms with Crippen LogP contribution in [0.2, 0.25) is 0 Å². The van der Waals surface area contributed by atoms with Crippen LogP contribution in [0.4, 0.5) is 11.4 Å². The van der Waals surface area contributed by atoms with E-state index in [1.54, 1.807) is 0 Å². The number of hydrogen-bond donors (Lipinski definition) is 2. The molecule has 3 N–H and O–H groups in total. The van der Waals surface area contributed by atoms with Crippen LogP contribution in [0.1, 0.15) is 23.2 Å². The molecule has 1 aliphatic rings. The number of nitro groups is 1. The van der Waals surface area contributed by atoms with Crippen LogP contribution < -0.4 is 11.1 Å². The van der Waals surface area contributed by atoms with Crippen LogP contribution in [0.15, 0.2) is 18.2 Å². The fraction of sp³-hybridized carbons (Fsp3) is 0.364. The second kappa shape index (κ2) is 4.40. The molecule has 17 heavy (non-hydrogen) atoms. The van der Waals surface area contributed by atoms with Gasteiger partial charge in [0.1, 0.15) is 11.3 Å². The van der Waals surface area contributed by atoms with Crippen molar-refractivity contribution in [2.24, 2.45) is 5.92 Å². The highest BCUT2D eigenvalue weighted by Crippen LogP contribution is 2.29. The number of rotatable bonds is 4. The third-order valence-electron chi connectivity index (χ3n) is 2.74. The maximum absolute atomic E-state index is 11.8. The van der Waals surface area contributed by atoms with Gasteiger partial charge in [-0.3, -0.25) is 14.9 Å². The Morgan fingerprint density at radius 1 is 1.53 bits per heavy atom. The zero-order valence-electron chi connectivity index (χ0n) is 9.18. The molecule has 0 heterocycles. The Labute approximate surface area is 98.0 Å². The maximum atomic E-state index is 11.8. The van der Waals surface area contributed by atoms with E-state index in [2.05, 4.69) is 5.32 Å². The van der Waals surface area contributed by atoms with E-state index in [0.29, 0.717) is 12.5 Å². The van der Waals surface area contributed by atoms with Gasteiger partial charge in [0.2, 0.25) is 0 Å². The van der Waals surface area contributed by atoms with Crippen LogP contribution in [0, 0.1) is 16.0 Å². The minimum Gasteiger partial charge on any atom is -0.393 e. The van der Waals surface area contributed by atoms with Gasteiger partial charge < -0.3 is 11.1 Å². The Morgan fingerprint density at radius 2 is 2.24 bits per heavy atom. The van der Waals surface area contributed by atoms with E-state index in [-0.39, 0.29) is 16.9 Å². The number of carbonyl (C=O) groups excluding carboxylic acids is 1. The maximum Gasteiger partial charge on any atom is 0.304 e. The summed E-state index contributed by atoms with van der Waals surface area (Å²) in [5, 5.41) is 13.5. The molecule has 1 saturated carbocycles. The smallest absolute Gasteiger partial charge is 0.304 e. The Kier molecular flexibility index (Phi) is 2.95. The predicted molar refractivity (Wildman–Crippen MR) is 62.6 cm³/mol. The highest BCUT2D eigenvalue weighted by molar-refractivity contribution is 6.00. The van der Waals surface area contributed by atoms with E-state index in [0.717, 1.165) is 12.8 Å². The largest absolute Gasteiger partial charge is 0.393 e. The molecule has 0 saturated heterocycles. The molecule has 6 heteroatoms. The summed E-state index contributed by atoms with van der Waals surface area (Å²) in [6.45, 7) is 0.574. The molecule has 2 rings (SSSR count). The molecule has 0 bridgehead atoms. The van der Waals surface area contributed by atoms with Crippen LogP contribution in [0.3, 0.4) is 0 Å². The quantitative estimate of drug-likeness (QED) is 0.467. The first-order chi connectivity index (χ1) is 8.09. The monoisotopic (exact) mass is 235 g/mol. The van der Waals surface area contributed by atoms with Gasteiger partial charge in [0, 0.05) is 6.54 Å². The van der Waals surface area contributed by atoms with Gasteiger partial charge in [-0.1, -0.05) is 6.07 Å². The van der Waals surface area contributed by atoms with Gasteiger partial charge in [-0.2, -0.15) is 0 Å². The Hall–Kier alpha value is -2.11. The van der Waals surface area contributed by atoms with Crippen LogP contribution in [-0.4, -0.2) is 17.4 Å². The lowest BCUT2D eigenvalue weighted by Gasteiger charge is -2.06. The molecular weight excluding hydrogens is 222 g/mol. The summed E-state index contributed by atoms with van der Waals surface area (Å²) >= 11 is 0.